The molecule has 44 heavy (non-hydrogen) atoms. The first kappa shape index (κ1) is 29.1. The number of nitrogens with one attached hydrogen (secondary N) is 1. The first-order valence-electron chi connectivity index (χ1n) is 14.6. The van der Waals surface area contributed by atoms with E-state index in [9.17, 15) is 9.59 Å². The Morgan fingerprint density at radius 1 is 0.750 bits per heavy atom. The molecule has 0 heterocycles. The second-order valence-electron chi connectivity index (χ2n) is 11.0. The van der Waals surface area contributed by atoms with Crippen molar-refractivity contribution in [2.75, 3.05) is 28.4 Å². The molecule has 0 saturated heterocycles. The van der Waals surface area contributed by atoms with Crippen molar-refractivity contribution in [3.63, 3.8) is 0 Å². The molecule has 2 aliphatic carbocycles. The molecule has 4 aromatic carbocycles. The Kier molecular flexibility index (Phi) is 7.91. The molecular weight excluding hydrogens is 558 g/mol. The van der Waals surface area contributed by atoms with Crippen LogP contribution in [-0.2, 0) is 11.2 Å². The maximum absolute atomic E-state index is 13.6. The van der Waals surface area contributed by atoms with Gasteiger partial charge in [0, 0.05) is 11.5 Å². The van der Waals surface area contributed by atoms with Crippen molar-refractivity contribution in [2.45, 2.75) is 37.8 Å². The van der Waals surface area contributed by atoms with Crippen LogP contribution in [0.1, 0.15) is 47.6 Å². The molecule has 0 radical (unpaired) electrons. The van der Waals surface area contributed by atoms with E-state index < -0.39 is 18.2 Å². The summed E-state index contributed by atoms with van der Waals surface area (Å²) in [6.07, 6.45) is 0.0648. The van der Waals surface area contributed by atoms with Gasteiger partial charge in [-0.25, -0.2) is 4.79 Å². The molecular formula is C36H35NO7. The average Bonchev–Trinajstić information content (AvgIpc) is 3.19. The summed E-state index contributed by atoms with van der Waals surface area (Å²) in [5.41, 5.74) is 7.32. The van der Waals surface area contributed by atoms with Crippen LogP contribution < -0.4 is 29.7 Å². The molecule has 0 saturated carbocycles. The lowest BCUT2D eigenvalue weighted by molar-refractivity contribution is 0.0954. The predicted octanol–water partition coefficient (Wildman–Crippen LogP) is 6.66. The van der Waals surface area contributed by atoms with Crippen molar-refractivity contribution in [3.05, 3.63) is 105 Å². The van der Waals surface area contributed by atoms with Gasteiger partial charge in [-0.05, 0) is 76.9 Å². The van der Waals surface area contributed by atoms with Crippen LogP contribution in [0.15, 0.2) is 77.6 Å². The summed E-state index contributed by atoms with van der Waals surface area (Å²) in [5, 5.41) is 3.08. The van der Waals surface area contributed by atoms with Gasteiger partial charge in [-0.3, -0.25) is 4.79 Å². The number of fused-ring (bicyclic) bond motifs is 6. The number of aryl methyl sites for hydroxylation is 1. The number of carbonyl (C=O) groups excluding carboxylic acids is 1. The summed E-state index contributed by atoms with van der Waals surface area (Å²) >= 11 is 0. The number of amides is 1. The molecule has 6 rings (SSSR count). The van der Waals surface area contributed by atoms with Gasteiger partial charge in [-0.2, -0.15) is 0 Å². The minimum atomic E-state index is -0.561. The zero-order valence-electron chi connectivity index (χ0n) is 25.4. The van der Waals surface area contributed by atoms with Crippen molar-refractivity contribution >= 4 is 6.09 Å². The number of alkyl carbamates (subject to hydrolysis) is 1. The Balaban J connectivity index is 1.37. The standard InChI is InChI=1S/C36H35NO7/c1-20(32-24-12-8-6-10-22(24)23-11-7-9-13-25(23)32)44-36(39)37-28-16-14-21-18-31(41-3)34(42-4)35(43-5)33(21)26-15-17-30(40-2)29(38)19-27(26)28/h6-13,15,17-20,28,32H,14,16H2,1-5H3,(H,37,39). The van der Waals surface area contributed by atoms with E-state index in [1.165, 1.54) is 13.2 Å². The van der Waals surface area contributed by atoms with E-state index in [0.29, 0.717) is 41.2 Å². The monoisotopic (exact) mass is 593 g/mol. The Bertz CT molecular complexity index is 1760. The highest BCUT2D eigenvalue weighted by Crippen LogP contribution is 2.50. The third-order valence-corrected chi connectivity index (χ3v) is 8.66. The summed E-state index contributed by atoms with van der Waals surface area (Å²) in [4.78, 5) is 26.8. The molecule has 2 aliphatic rings. The van der Waals surface area contributed by atoms with E-state index in [1.807, 2.05) is 43.3 Å². The van der Waals surface area contributed by atoms with E-state index in [0.717, 1.165) is 33.4 Å². The van der Waals surface area contributed by atoms with E-state index >= 15 is 0 Å². The van der Waals surface area contributed by atoms with Gasteiger partial charge in [-0.15, -0.1) is 0 Å². The first-order valence-corrected chi connectivity index (χ1v) is 14.6. The largest absolute Gasteiger partial charge is 0.493 e. The van der Waals surface area contributed by atoms with Gasteiger partial charge in [0.05, 0.1) is 34.5 Å². The second kappa shape index (κ2) is 12.0. The van der Waals surface area contributed by atoms with Crippen LogP contribution in [-0.4, -0.2) is 40.6 Å². The number of benzene rings is 3. The highest BCUT2D eigenvalue weighted by atomic mass is 16.6. The van der Waals surface area contributed by atoms with E-state index in [2.05, 4.69) is 29.6 Å². The molecule has 0 bridgehead atoms. The van der Waals surface area contributed by atoms with Crippen LogP contribution in [0.2, 0.25) is 0 Å². The summed E-state index contributed by atoms with van der Waals surface area (Å²) in [6, 6.07) is 22.8. The van der Waals surface area contributed by atoms with Crippen LogP contribution in [0.25, 0.3) is 22.3 Å². The molecule has 8 nitrogen and oxygen atoms in total. The van der Waals surface area contributed by atoms with Gasteiger partial charge >= 0.3 is 6.09 Å². The Morgan fingerprint density at radius 3 is 2.00 bits per heavy atom. The minimum absolute atomic E-state index is 0.0988. The van der Waals surface area contributed by atoms with Gasteiger partial charge in [0.25, 0.3) is 0 Å². The molecule has 2 unspecified atom stereocenters. The summed E-state index contributed by atoms with van der Waals surface area (Å²) in [5.74, 6) is 1.54. The quantitative estimate of drug-likeness (QED) is 0.256. The van der Waals surface area contributed by atoms with Crippen molar-refractivity contribution in [1.82, 2.24) is 5.32 Å². The number of ether oxygens (including phenoxy) is 5. The van der Waals surface area contributed by atoms with Gasteiger partial charge in [0.15, 0.2) is 17.2 Å². The Labute approximate surface area is 256 Å². The fourth-order valence-electron chi connectivity index (χ4n) is 6.73. The van der Waals surface area contributed by atoms with E-state index in [1.54, 1.807) is 27.4 Å². The van der Waals surface area contributed by atoms with Crippen LogP contribution in [0.5, 0.6) is 23.0 Å². The zero-order valence-corrected chi connectivity index (χ0v) is 25.4. The first-order chi connectivity index (χ1) is 21.4. The zero-order chi connectivity index (χ0) is 31.0. The topological polar surface area (TPSA) is 92.3 Å². The molecule has 2 atom stereocenters. The Morgan fingerprint density at radius 2 is 1.39 bits per heavy atom. The number of methoxy groups -OCH3 is 4. The third kappa shape index (κ3) is 4.90. The number of rotatable bonds is 7. The number of carbonyl (C=O) groups is 1. The summed E-state index contributed by atoms with van der Waals surface area (Å²) < 4.78 is 28.6. The van der Waals surface area contributed by atoms with Gasteiger partial charge in [0.2, 0.25) is 11.2 Å². The third-order valence-electron chi connectivity index (χ3n) is 8.66. The highest BCUT2D eigenvalue weighted by Gasteiger charge is 2.35. The number of hydrogen-bond acceptors (Lipinski definition) is 7. The SMILES string of the molecule is COc1cc2c(c(OC)c1OC)-c1ccc(OC)c(=O)cc1C(NC(=O)OC(C)C1c3ccccc3-c3ccccc31)CC2. The molecule has 0 aliphatic heterocycles. The van der Waals surface area contributed by atoms with Gasteiger partial charge < -0.3 is 29.0 Å². The smallest absolute Gasteiger partial charge is 0.407 e. The fourth-order valence-corrected chi connectivity index (χ4v) is 6.73. The van der Waals surface area contributed by atoms with Crippen LogP contribution in [0, 0.1) is 0 Å². The minimum Gasteiger partial charge on any atom is -0.493 e. The van der Waals surface area contributed by atoms with Crippen LogP contribution >= 0.6 is 0 Å². The number of hydrogen-bond donors (Lipinski definition) is 1. The van der Waals surface area contributed by atoms with E-state index in [4.69, 9.17) is 23.7 Å². The van der Waals surface area contributed by atoms with E-state index in [-0.39, 0.29) is 17.1 Å². The molecule has 0 aromatic heterocycles. The molecule has 226 valence electrons. The molecule has 1 amide bonds. The Hall–Kier alpha value is -4.98. The van der Waals surface area contributed by atoms with Gasteiger partial charge in [0.1, 0.15) is 6.10 Å². The second-order valence-corrected chi connectivity index (χ2v) is 11.0. The maximum Gasteiger partial charge on any atom is 0.407 e. The predicted molar refractivity (Wildman–Crippen MR) is 168 cm³/mol. The van der Waals surface area contributed by atoms with Crippen LogP contribution in [0.3, 0.4) is 0 Å². The lowest BCUT2D eigenvalue weighted by Gasteiger charge is -2.24. The molecule has 8 heteroatoms. The molecule has 0 fully saturated rings. The van der Waals surface area contributed by atoms with Crippen molar-refractivity contribution in [2.24, 2.45) is 0 Å². The molecule has 1 N–H and O–H groups in total. The maximum atomic E-state index is 13.6. The summed E-state index contributed by atoms with van der Waals surface area (Å²) in [6.45, 7) is 1.92. The van der Waals surface area contributed by atoms with Crippen molar-refractivity contribution in [1.29, 1.82) is 0 Å². The normalized spacial score (nSPS) is 15.4. The van der Waals surface area contributed by atoms with Crippen LogP contribution in [0.4, 0.5) is 4.79 Å². The molecule has 4 aromatic rings. The van der Waals surface area contributed by atoms with Crippen molar-refractivity contribution in [3.8, 4) is 45.3 Å². The lowest BCUT2D eigenvalue weighted by atomic mass is 9.92. The van der Waals surface area contributed by atoms with Gasteiger partial charge in [-0.1, -0.05) is 54.6 Å². The van der Waals surface area contributed by atoms with Crippen molar-refractivity contribution < 1.29 is 28.5 Å². The average molecular weight is 594 g/mol. The highest BCUT2D eigenvalue weighted by molar-refractivity contribution is 5.83. The molecule has 0 spiro atoms. The summed E-state index contributed by atoms with van der Waals surface area (Å²) in [7, 11) is 6.15. The lowest BCUT2D eigenvalue weighted by Crippen LogP contribution is -2.33. The fraction of sp³-hybridized carbons (Fsp3) is 0.278.